The summed E-state index contributed by atoms with van der Waals surface area (Å²) in [5.74, 6) is -0.00730. The number of carbonyl (C=O) groups is 1. The number of amides is 1. The van der Waals surface area contributed by atoms with Crippen LogP contribution in [-0.4, -0.2) is 12.5 Å². The molecule has 26 heavy (non-hydrogen) atoms. The third-order valence-corrected chi connectivity index (χ3v) is 5.87. The molecule has 3 nitrogen and oxygen atoms in total. The molecule has 0 spiro atoms. The zero-order chi connectivity index (χ0) is 17.9. The fourth-order valence-corrected chi connectivity index (χ4v) is 4.29. The molecule has 1 amide bonds. The van der Waals surface area contributed by atoms with Crippen LogP contribution >= 0.6 is 11.3 Å². The van der Waals surface area contributed by atoms with Crippen molar-refractivity contribution >= 4 is 27.9 Å². The highest BCUT2D eigenvalue weighted by Crippen LogP contribution is 2.37. The molecule has 2 aromatic carbocycles. The maximum atomic E-state index is 12.5. The van der Waals surface area contributed by atoms with Gasteiger partial charge >= 0.3 is 0 Å². The van der Waals surface area contributed by atoms with E-state index in [4.69, 9.17) is 0 Å². The number of para-hydroxylation sites is 1. The van der Waals surface area contributed by atoms with E-state index in [9.17, 15) is 4.79 Å². The molecule has 0 saturated heterocycles. The van der Waals surface area contributed by atoms with Gasteiger partial charge in [-0.05, 0) is 49.1 Å². The fourth-order valence-electron chi connectivity index (χ4n) is 3.33. The van der Waals surface area contributed by atoms with Crippen molar-refractivity contribution in [1.29, 1.82) is 0 Å². The van der Waals surface area contributed by atoms with Crippen molar-refractivity contribution in [1.82, 2.24) is 5.32 Å². The summed E-state index contributed by atoms with van der Waals surface area (Å²) in [6.45, 7) is 3.62. The average molecular weight is 362 g/mol. The van der Waals surface area contributed by atoms with Crippen LogP contribution in [0, 0.1) is 6.92 Å². The van der Waals surface area contributed by atoms with E-state index in [1.807, 2.05) is 6.07 Å². The standard InChI is InChI=1S/C22H22N2OS/c1-16-8-10-17(11-9-16)15-23-22(25)20-12-13-21(26-20)24-14-4-6-18-5-2-3-7-19(18)24/h2-3,5,7-13H,4,6,14-15H2,1H3,(H,23,25). The smallest absolute Gasteiger partial charge is 0.261 e. The van der Waals surface area contributed by atoms with Gasteiger partial charge in [0.25, 0.3) is 5.91 Å². The van der Waals surface area contributed by atoms with Gasteiger partial charge in [-0.15, -0.1) is 11.3 Å². The molecule has 1 aliphatic rings. The van der Waals surface area contributed by atoms with Gasteiger partial charge in [0.1, 0.15) is 0 Å². The summed E-state index contributed by atoms with van der Waals surface area (Å²) in [5, 5.41) is 4.16. The molecule has 0 fully saturated rings. The van der Waals surface area contributed by atoms with Crippen LogP contribution < -0.4 is 10.2 Å². The molecule has 1 aromatic heterocycles. The Morgan fingerprint density at radius 2 is 1.88 bits per heavy atom. The van der Waals surface area contributed by atoms with Gasteiger partial charge in [0.15, 0.2) is 0 Å². The maximum Gasteiger partial charge on any atom is 0.261 e. The number of rotatable bonds is 4. The van der Waals surface area contributed by atoms with Crippen LogP contribution in [0.2, 0.25) is 0 Å². The Balaban J connectivity index is 1.46. The highest BCUT2D eigenvalue weighted by Gasteiger charge is 2.20. The zero-order valence-electron chi connectivity index (χ0n) is 14.9. The molecule has 0 saturated carbocycles. The number of anilines is 2. The first-order valence-corrected chi connectivity index (χ1v) is 9.81. The molecule has 1 aliphatic heterocycles. The number of fused-ring (bicyclic) bond motifs is 1. The number of thiophene rings is 1. The Labute approximate surface area is 158 Å². The second-order valence-electron chi connectivity index (χ2n) is 6.69. The van der Waals surface area contributed by atoms with Gasteiger partial charge in [-0.2, -0.15) is 0 Å². The van der Waals surface area contributed by atoms with E-state index in [2.05, 4.69) is 71.7 Å². The second-order valence-corrected chi connectivity index (χ2v) is 7.75. The number of aryl methyl sites for hydroxylation is 2. The third-order valence-electron chi connectivity index (χ3n) is 4.77. The molecule has 0 bridgehead atoms. The van der Waals surface area contributed by atoms with Crippen molar-refractivity contribution in [2.24, 2.45) is 0 Å². The molecule has 0 aliphatic carbocycles. The summed E-state index contributed by atoms with van der Waals surface area (Å²) < 4.78 is 0. The minimum atomic E-state index is -0.00730. The molecule has 2 heterocycles. The number of hydrogen-bond acceptors (Lipinski definition) is 3. The molecule has 3 aromatic rings. The van der Waals surface area contributed by atoms with Crippen molar-refractivity contribution in [2.45, 2.75) is 26.3 Å². The lowest BCUT2D eigenvalue weighted by molar-refractivity contribution is 0.0955. The van der Waals surface area contributed by atoms with Crippen molar-refractivity contribution < 1.29 is 4.79 Å². The fraction of sp³-hybridized carbons (Fsp3) is 0.227. The lowest BCUT2D eigenvalue weighted by Crippen LogP contribution is -2.23. The SMILES string of the molecule is Cc1ccc(CNC(=O)c2ccc(N3CCCc4ccccc43)s2)cc1. The molecular weight excluding hydrogens is 340 g/mol. The Morgan fingerprint density at radius 3 is 2.73 bits per heavy atom. The van der Waals surface area contributed by atoms with Crippen LogP contribution in [0.1, 0.15) is 32.8 Å². The van der Waals surface area contributed by atoms with E-state index >= 15 is 0 Å². The first-order valence-electron chi connectivity index (χ1n) is 9.00. The van der Waals surface area contributed by atoms with Gasteiger partial charge in [0.2, 0.25) is 0 Å². The zero-order valence-corrected chi connectivity index (χ0v) is 15.7. The summed E-state index contributed by atoms with van der Waals surface area (Å²) in [7, 11) is 0. The first kappa shape index (κ1) is 16.9. The summed E-state index contributed by atoms with van der Waals surface area (Å²) in [5.41, 5.74) is 5.00. The van der Waals surface area contributed by atoms with Crippen molar-refractivity contribution in [3.63, 3.8) is 0 Å². The average Bonchev–Trinajstić information content (AvgIpc) is 3.17. The Hall–Kier alpha value is -2.59. The summed E-state index contributed by atoms with van der Waals surface area (Å²) in [6, 6.07) is 20.8. The molecule has 4 rings (SSSR count). The maximum absolute atomic E-state index is 12.5. The van der Waals surface area contributed by atoms with Crippen LogP contribution in [0.15, 0.2) is 60.7 Å². The third kappa shape index (κ3) is 3.51. The quantitative estimate of drug-likeness (QED) is 0.703. The second kappa shape index (κ2) is 7.34. The van der Waals surface area contributed by atoms with Crippen molar-refractivity contribution in [3.05, 3.63) is 82.2 Å². The van der Waals surface area contributed by atoms with E-state index in [1.165, 1.54) is 16.8 Å². The van der Waals surface area contributed by atoms with Crippen LogP contribution in [0.4, 0.5) is 10.7 Å². The normalized spacial score (nSPS) is 13.3. The molecule has 0 radical (unpaired) electrons. The van der Waals surface area contributed by atoms with Crippen LogP contribution in [0.5, 0.6) is 0 Å². The van der Waals surface area contributed by atoms with E-state index < -0.39 is 0 Å². The molecule has 1 N–H and O–H groups in total. The number of nitrogens with zero attached hydrogens (tertiary/aromatic N) is 1. The monoisotopic (exact) mass is 362 g/mol. The molecular formula is C22H22N2OS. The Bertz CT molecular complexity index is 914. The summed E-state index contributed by atoms with van der Waals surface area (Å²) in [6.07, 6.45) is 2.27. The van der Waals surface area contributed by atoms with E-state index in [0.717, 1.165) is 34.8 Å². The van der Waals surface area contributed by atoms with Crippen LogP contribution in [0.3, 0.4) is 0 Å². The highest BCUT2D eigenvalue weighted by molar-refractivity contribution is 7.18. The topological polar surface area (TPSA) is 32.3 Å². The van der Waals surface area contributed by atoms with Gasteiger partial charge in [-0.1, -0.05) is 48.0 Å². The largest absolute Gasteiger partial charge is 0.347 e. The Kier molecular flexibility index (Phi) is 4.76. The highest BCUT2D eigenvalue weighted by atomic mass is 32.1. The number of benzene rings is 2. The van der Waals surface area contributed by atoms with Gasteiger partial charge < -0.3 is 10.2 Å². The van der Waals surface area contributed by atoms with Gasteiger partial charge in [0.05, 0.1) is 9.88 Å². The predicted octanol–water partition coefficient (Wildman–Crippen LogP) is 5.07. The van der Waals surface area contributed by atoms with Crippen LogP contribution in [-0.2, 0) is 13.0 Å². The minimum Gasteiger partial charge on any atom is -0.347 e. The van der Waals surface area contributed by atoms with E-state index in [-0.39, 0.29) is 5.91 Å². The first-order chi connectivity index (χ1) is 12.7. The van der Waals surface area contributed by atoms with Gasteiger partial charge in [-0.3, -0.25) is 4.79 Å². The molecule has 0 unspecified atom stereocenters. The number of hydrogen-bond donors (Lipinski definition) is 1. The summed E-state index contributed by atoms with van der Waals surface area (Å²) >= 11 is 1.56. The van der Waals surface area contributed by atoms with Gasteiger partial charge in [-0.25, -0.2) is 0 Å². The molecule has 4 heteroatoms. The predicted molar refractivity (Wildman–Crippen MR) is 108 cm³/mol. The minimum absolute atomic E-state index is 0.00730. The van der Waals surface area contributed by atoms with Crippen molar-refractivity contribution in [3.8, 4) is 0 Å². The summed E-state index contributed by atoms with van der Waals surface area (Å²) in [4.78, 5) is 15.6. The van der Waals surface area contributed by atoms with Crippen LogP contribution in [0.25, 0.3) is 0 Å². The number of carbonyl (C=O) groups excluding carboxylic acids is 1. The lowest BCUT2D eigenvalue weighted by Gasteiger charge is -2.30. The van der Waals surface area contributed by atoms with Crippen molar-refractivity contribution in [2.75, 3.05) is 11.4 Å². The number of nitrogens with one attached hydrogen (secondary N) is 1. The Morgan fingerprint density at radius 1 is 1.08 bits per heavy atom. The lowest BCUT2D eigenvalue weighted by atomic mass is 10.0. The van der Waals surface area contributed by atoms with Gasteiger partial charge in [0, 0.05) is 18.8 Å². The molecule has 132 valence electrons. The van der Waals surface area contributed by atoms with E-state index in [0.29, 0.717) is 6.54 Å². The van der Waals surface area contributed by atoms with E-state index in [1.54, 1.807) is 11.3 Å². The molecule has 0 atom stereocenters.